The standard InChI is InChI=1S/C21H18N6O/c1-14(28)24-16-6-4-7-17(12-16)26-21-22-10-9-20(27-21)25-18-11-15-5-2-3-8-19(15)23-13-18/h2-13H,1H3,(H,24,28)(H2,22,25,26,27). The molecule has 2 aromatic heterocycles. The maximum atomic E-state index is 11.2. The fourth-order valence-corrected chi connectivity index (χ4v) is 2.78. The van der Waals surface area contributed by atoms with Crippen molar-refractivity contribution < 1.29 is 4.79 Å². The van der Waals surface area contributed by atoms with Crippen molar-refractivity contribution in [1.82, 2.24) is 15.0 Å². The quantitative estimate of drug-likeness (QED) is 0.480. The first-order chi connectivity index (χ1) is 13.7. The SMILES string of the molecule is CC(=O)Nc1cccc(Nc2nccc(Nc3cnc4ccccc4c3)n2)c1. The molecule has 0 fully saturated rings. The molecule has 0 atom stereocenters. The van der Waals surface area contributed by atoms with E-state index in [1.54, 1.807) is 18.5 Å². The molecule has 0 radical (unpaired) electrons. The van der Waals surface area contributed by atoms with E-state index in [1.807, 2.05) is 54.6 Å². The van der Waals surface area contributed by atoms with Gasteiger partial charge in [-0.1, -0.05) is 24.3 Å². The Kier molecular flexibility index (Phi) is 4.79. The van der Waals surface area contributed by atoms with Crippen LogP contribution < -0.4 is 16.0 Å². The van der Waals surface area contributed by atoms with Gasteiger partial charge in [-0.2, -0.15) is 4.98 Å². The zero-order valence-corrected chi connectivity index (χ0v) is 15.2. The predicted molar refractivity (Wildman–Crippen MR) is 111 cm³/mol. The molecule has 28 heavy (non-hydrogen) atoms. The number of aromatic nitrogens is 3. The van der Waals surface area contributed by atoms with Gasteiger partial charge in [-0.3, -0.25) is 9.78 Å². The van der Waals surface area contributed by atoms with Gasteiger partial charge in [0.1, 0.15) is 5.82 Å². The Bertz CT molecular complexity index is 1140. The molecule has 4 rings (SSSR count). The summed E-state index contributed by atoms with van der Waals surface area (Å²) < 4.78 is 0. The lowest BCUT2D eigenvalue weighted by Gasteiger charge is -2.10. The van der Waals surface area contributed by atoms with Gasteiger partial charge in [-0.05, 0) is 36.4 Å². The third kappa shape index (κ3) is 4.21. The highest BCUT2D eigenvalue weighted by Gasteiger charge is 2.04. The molecule has 0 bridgehead atoms. The van der Waals surface area contributed by atoms with Crippen LogP contribution >= 0.6 is 0 Å². The minimum Gasteiger partial charge on any atom is -0.339 e. The van der Waals surface area contributed by atoms with Crippen LogP contribution in [0.2, 0.25) is 0 Å². The minimum atomic E-state index is -0.122. The predicted octanol–water partition coefficient (Wildman–Crippen LogP) is 4.47. The normalized spacial score (nSPS) is 10.5. The highest BCUT2D eigenvalue weighted by molar-refractivity contribution is 5.89. The molecule has 0 unspecified atom stereocenters. The first-order valence-corrected chi connectivity index (χ1v) is 8.75. The van der Waals surface area contributed by atoms with E-state index in [2.05, 4.69) is 30.9 Å². The number of fused-ring (bicyclic) bond motifs is 1. The molecule has 0 aliphatic rings. The van der Waals surface area contributed by atoms with Gasteiger partial charge in [0.05, 0.1) is 17.4 Å². The van der Waals surface area contributed by atoms with Crippen molar-refractivity contribution in [2.75, 3.05) is 16.0 Å². The summed E-state index contributed by atoms with van der Waals surface area (Å²) in [5, 5.41) is 10.2. The topological polar surface area (TPSA) is 91.8 Å². The molecule has 1 amide bonds. The lowest BCUT2D eigenvalue weighted by Crippen LogP contribution is -2.06. The molecular weight excluding hydrogens is 352 g/mol. The van der Waals surface area contributed by atoms with Crippen LogP contribution in [0.1, 0.15) is 6.92 Å². The number of nitrogens with one attached hydrogen (secondary N) is 3. The van der Waals surface area contributed by atoms with Crippen LogP contribution in [0.5, 0.6) is 0 Å². The van der Waals surface area contributed by atoms with Crippen LogP contribution in [0.25, 0.3) is 10.9 Å². The summed E-state index contributed by atoms with van der Waals surface area (Å²) in [5.41, 5.74) is 3.26. The number of anilines is 5. The zero-order valence-electron chi connectivity index (χ0n) is 15.2. The molecule has 2 heterocycles. The van der Waals surface area contributed by atoms with Crippen molar-refractivity contribution in [2.24, 2.45) is 0 Å². The molecular formula is C21H18N6O. The van der Waals surface area contributed by atoms with Gasteiger partial charge >= 0.3 is 0 Å². The number of amides is 1. The van der Waals surface area contributed by atoms with Crippen molar-refractivity contribution in [3.05, 3.63) is 73.1 Å². The van der Waals surface area contributed by atoms with Gasteiger partial charge in [0.2, 0.25) is 11.9 Å². The number of carbonyl (C=O) groups is 1. The summed E-state index contributed by atoms with van der Waals surface area (Å²) in [5.74, 6) is 0.968. The van der Waals surface area contributed by atoms with Crippen LogP contribution in [-0.2, 0) is 4.79 Å². The second kappa shape index (κ2) is 7.71. The van der Waals surface area contributed by atoms with E-state index in [0.717, 1.165) is 22.3 Å². The number of hydrogen-bond acceptors (Lipinski definition) is 6. The number of para-hydroxylation sites is 1. The maximum absolute atomic E-state index is 11.2. The van der Waals surface area contributed by atoms with E-state index in [1.165, 1.54) is 6.92 Å². The molecule has 3 N–H and O–H groups in total. The molecule has 0 spiro atoms. The van der Waals surface area contributed by atoms with Crippen LogP contribution in [0.4, 0.5) is 28.8 Å². The Labute approximate surface area is 161 Å². The average Bonchev–Trinajstić information content (AvgIpc) is 2.68. The average molecular weight is 370 g/mol. The summed E-state index contributed by atoms with van der Waals surface area (Å²) in [7, 11) is 0. The summed E-state index contributed by atoms with van der Waals surface area (Å²) in [6, 6.07) is 19.1. The maximum Gasteiger partial charge on any atom is 0.229 e. The molecule has 0 saturated carbocycles. The molecule has 0 aliphatic heterocycles. The van der Waals surface area contributed by atoms with Gasteiger partial charge in [-0.15, -0.1) is 0 Å². The van der Waals surface area contributed by atoms with Gasteiger partial charge in [-0.25, -0.2) is 4.98 Å². The van der Waals surface area contributed by atoms with E-state index in [4.69, 9.17) is 0 Å². The molecule has 7 heteroatoms. The van der Waals surface area contributed by atoms with Crippen molar-refractivity contribution in [2.45, 2.75) is 6.92 Å². The van der Waals surface area contributed by atoms with Gasteiger partial charge in [0.25, 0.3) is 0 Å². The highest BCUT2D eigenvalue weighted by atomic mass is 16.1. The fourth-order valence-electron chi connectivity index (χ4n) is 2.78. The molecule has 0 saturated heterocycles. The number of carbonyl (C=O) groups excluding carboxylic acids is 1. The van der Waals surface area contributed by atoms with E-state index in [9.17, 15) is 4.79 Å². The highest BCUT2D eigenvalue weighted by Crippen LogP contribution is 2.21. The van der Waals surface area contributed by atoms with E-state index in [0.29, 0.717) is 17.5 Å². The van der Waals surface area contributed by atoms with Gasteiger partial charge < -0.3 is 16.0 Å². The summed E-state index contributed by atoms with van der Waals surface area (Å²) >= 11 is 0. The van der Waals surface area contributed by atoms with Crippen LogP contribution in [0.3, 0.4) is 0 Å². The first kappa shape index (κ1) is 17.4. The van der Waals surface area contributed by atoms with Crippen LogP contribution in [-0.4, -0.2) is 20.9 Å². The van der Waals surface area contributed by atoms with Crippen LogP contribution in [0.15, 0.2) is 73.1 Å². The molecule has 7 nitrogen and oxygen atoms in total. The molecule has 2 aromatic carbocycles. The summed E-state index contributed by atoms with van der Waals surface area (Å²) in [6.07, 6.45) is 3.44. The second-order valence-electron chi connectivity index (χ2n) is 6.19. The number of pyridine rings is 1. The minimum absolute atomic E-state index is 0.122. The largest absolute Gasteiger partial charge is 0.339 e. The van der Waals surface area contributed by atoms with Crippen molar-refractivity contribution in [3.63, 3.8) is 0 Å². The monoisotopic (exact) mass is 370 g/mol. The van der Waals surface area contributed by atoms with Crippen molar-refractivity contribution in [3.8, 4) is 0 Å². The van der Waals surface area contributed by atoms with Crippen LogP contribution in [0, 0.1) is 0 Å². The number of hydrogen-bond donors (Lipinski definition) is 3. The van der Waals surface area contributed by atoms with Gasteiger partial charge in [0.15, 0.2) is 0 Å². The number of nitrogens with zero attached hydrogens (tertiary/aromatic N) is 3. The van der Waals surface area contributed by atoms with Crippen molar-refractivity contribution in [1.29, 1.82) is 0 Å². The Morgan fingerprint density at radius 3 is 2.61 bits per heavy atom. The zero-order chi connectivity index (χ0) is 19.3. The van der Waals surface area contributed by atoms with E-state index < -0.39 is 0 Å². The molecule has 0 aliphatic carbocycles. The fraction of sp³-hybridized carbons (Fsp3) is 0.0476. The summed E-state index contributed by atoms with van der Waals surface area (Å²) in [4.78, 5) is 24.4. The Hall–Kier alpha value is -4.00. The third-order valence-electron chi connectivity index (χ3n) is 3.96. The van der Waals surface area contributed by atoms with E-state index >= 15 is 0 Å². The van der Waals surface area contributed by atoms with Crippen molar-refractivity contribution >= 4 is 45.6 Å². The lowest BCUT2D eigenvalue weighted by molar-refractivity contribution is -0.114. The van der Waals surface area contributed by atoms with E-state index in [-0.39, 0.29) is 5.91 Å². The smallest absolute Gasteiger partial charge is 0.229 e. The lowest BCUT2D eigenvalue weighted by atomic mass is 10.2. The number of benzene rings is 2. The van der Waals surface area contributed by atoms with Gasteiger partial charge in [0, 0.05) is 29.9 Å². The summed E-state index contributed by atoms with van der Waals surface area (Å²) in [6.45, 7) is 1.47. The molecule has 4 aromatic rings. The number of rotatable bonds is 5. The Morgan fingerprint density at radius 2 is 1.71 bits per heavy atom. The molecule has 138 valence electrons. The first-order valence-electron chi connectivity index (χ1n) is 8.75. The Balaban J connectivity index is 1.52. The third-order valence-corrected chi connectivity index (χ3v) is 3.96. The second-order valence-corrected chi connectivity index (χ2v) is 6.19. The Morgan fingerprint density at radius 1 is 0.857 bits per heavy atom.